The van der Waals surface area contributed by atoms with Crippen LogP contribution in [0.15, 0.2) is 47.4 Å². The third kappa shape index (κ3) is 5.07. The maximum Gasteiger partial charge on any atom is 0.294 e. The van der Waals surface area contributed by atoms with Gasteiger partial charge in [-0.1, -0.05) is 30.3 Å². The summed E-state index contributed by atoms with van der Waals surface area (Å²) < 4.78 is 10.9. The van der Waals surface area contributed by atoms with Crippen molar-refractivity contribution in [2.75, 3.05) is 26.3 Å². The fourth-order valence-corrected chi connectivity index (χ4v) is 4.68. The number of fused-ring (bicyclic) bond motifs is 1. The number of imide groups is 1. The van der Waals surface area contributed by atoms with E-state index in [9.17, 15) is 14.4 Å². The van der Waals surface area contributed by atoms with Gasteiger partial charge in [0.05, 0.1) is 11.5 Å². The van der Waals surface area contributed by atoms with Gasteiger partial charge in [0.25, 0.3) is 11.1 Å². The molecule has 174 valence electrons. The molecule has 2 aromatic rings. The molecule has 2 heterocycles. The molecule has 1 saturated heterocycles. The average molecular weight is 478 g/mol. The van der Waals surface area contributed by atoms with Crippen molar-refractivity contribution in [3.8, 4) is 17.6 Å². The lowest BCUT2D eigenvalue weighted by molar-refractivity contribution is -0.136. The molecule has 0 N–H and O–H groups in total. The van der Waals surface area contributed by atoms with Gasteiger partial charge in [0.1, 0.15) is 12.6 Å². The molecular formula is C25H23N3O5S. The molecule has 2 aliphatic rings. The summed E-state index contributed by atoms with van der Waals surface area (Å²) in [4.78, 5) is 41.2. The van der Waals surface area contributed by atoms with Gasteiger partial charge in [0.15, 0.2) is 18.1 Å². The first kappa shape index (κ1) is 23.4. The van der Waals surface area contributed by atoms with Gasteiger partial charge in [-0.3, -0.25) is 19.3 Å². The molecule has 9 heteroatoms. The van der Waals surface area contributed by atoms with Crippen molar-refractivity contribution in [3.63, 3.8) is 0 Å². The standard InChI is InChI=1S/C25H23N3O5S/c1-2-32-21-13-17(7-8-20(21)33-12-10-26)14-22-24(30)28(25(31)34-22)16-23(29)27-11-9-18-5-3-4-6-19(18)15-27/h3-8,13-14H,2,9,11-12,15-16H2,1H3/b22-14-. The van der Waals surface area contributed by atoms with E-state index in [2.05, 4.69) is 6.07 Å². The van der Waals surface area contributed by atoms with Crippen LogP contribution in [-0.4, -0.2) is 53.2 Å². The second-order valence-electron chi connectivity index (χ2n) is 7.69. The quantitative estimate of drug-likeness (QED) is 0.562. The Kier molecular flexibility index (Phi) is 7.18. The highest BCUT2D eigenvalue weighted by Gasteiger charge is 2.37. The summed E-state index contributed by atoms with van der Waals surface area (Å²) in [5.41, 5.74) is 2.94. The summed E-state index contributed by atoms with van der Waals surface area (Å²) in [6.07, 6.45) is 2.34. The molecule has 0 radical (unpaired) electrons. The van der Waals surface area contributed by atoms with E-state index in [0.29, 0.717) is 36.8 Å². The van der Waals surface area contributed by atoms with Gasteiger partial charge >= 0.3 is 0 Å². The third-order valence-electron chi connectivity index (χ3n) is 5.51. The lowest BCUT2D eigenvalue weighted by Crippen LogP contribution is -2.44. The molecule has 8 nitrogen and oxygen atoms in total. The molecule has 0 saturated carbocycles. The fourth-order valence-electron chi connectivity index (χ4n) is 3.84. The summed E-state index contributed by atoms with van der Waals surface area (Å²) in [6.45, 7) is 2.85. The zero-order chi connectivity index (χ0) is 24.1. The minimum atomic E-state index is -0.497. The number of benzene rings is 2. The van der Waals surface area contributed by atoms with E-state index in [-0.39, 0.29) is 24.0 Å². The highest BCUT2D eigenvalue weighted by molar-refractivity contribution is 8.18. The maximum atomic E-state index is 12.9. The SMILES string of the molecule is CCOc1cc(/C=C2\SC(=O)N(CC(=O)N3CCc4ccccc4C3)C2=O)ccc1OCC#N. The normalized spacial score (nSPS) is 16.4. The molecule has 1 fully saturated rings. The molecule has 2 aliphatic heterocycles. The minimum absolute atomic E-state index is 0.116. The Morgan fingerprint density at radius 2 is 1.94 bits per heavy atom. The molecule has 0 aromatic heterocycles. The van der Waals surface area contributed by atoms with Gasteiger partial charge in [0, 0.05) is 13.1 Å². The van der Waals surface area contributed by atoms with Gasteiger partial charge < -0.3 is 14.4 Å². The first-order valence-corrected chi connectivity index (χ1v) is 11.7. The van der Waals surface area contributed by atoms with Crippen LogP contribution < -0.4 is 9.47 Å². The average Bonchev–Trinajstić information content (AvgIpc) is 3.10. The van der Waals surface area contributed by atoms with Gasteiger partial charge in [0.2, 0.25) is 5.91 Å². The van der Waals surface area contributed by atoms with Crippen molar-refractivity contribution in [1.29, 1.82) is 5.26 Å². The van der Waals surface area contributed by atoms with Gasteiger partial charge in [-0.2, -0.15) is 5.26 Å². The summed E-state index contributed by atoms with van der Waals surface area (Å²) in [7, 11) is 0. The molecule has 0 atom stereocenters. The first-order valence-electron chi connectivity index (χ1n) is 10.9. The Labute approximate surface area is 201 Å². The number of amides is 3. The van der Waals surface area contributed by atoms with Gasteiger partial charge in [-0.25, -0.2) is 0 Å². The van der Waals surface area contributed by atoms with Crippen molar-refractivity contribution in [1.82, 2.24) is 9.80 Å². The molecule has 2 aromatic carbocycles. The second-order valence-corrected chi connectivity index (χ2v) is 8.68. The molecule has 34 heavy (non-hydrogen) atoms. The van der Waals surface area contributed by atoms with E-state index in [0.717, 1.165) is 28.6 Å². The number of carbonyl (C=O) groups excluding carboxylic acids is 3. The van der Waals surface area contributed by atoms with Crippen molar-refractivity contribution in [2.24, 2.45) is 0 Å². The molecule has 0 spiro atoms. The zero-order valence-corrected chi connectivity index (χ0v) is 19.5. The van der Waals surface area contributed by atoms with Crippen LogP contribution in [0.4, 0.5) is 4.79 Å². The van der Waals surface area contributed by atoms with Crippen LogP contribution in [0.5, 0.6) is 11.5 Å². The van der Waals surface area contributed by atoms with E-state index < -0.39 is 11.1 Å². The number of nitriles is 1. The van der Waals surface area contributed by atoms with Crippen LogP contribution in [-0.2, 0) is 22.6 Å². The lowest BCUT2D eigenvalue weighted by Gasteiger charge is -2.29. The number of rotatable bonds is 7. The van der Waals surface area contributed by atoms with Crippen LogP contribution in [0.25, 0.3) is 6.08 Å². The predicted octanol–water partition coefficient (Wildman–Crippen LogP) is 3.61. The molecule has 3 amide bonds. The summed E-state index contributed by atoms with van der Waals surface area (Å²) in [5.74, 6) is 0.104. The lowest BCUT2D eigenvalue weighted by atomic mass is 10.00. The van der Waals surface area contributed by atoms with Crippen molar-refractivity contribution >= 4 is 34.9 Å². The molecule has 0 unspecified atom stereocenters. The largest absolute Gasteiger partial charge is 0.490 e. The zero-order valence-electron chi connectivity index (χ0n) is 18.7. The number of carbonyl (C=O) groups is 3. The van der Waals surface area contributed by atoms with Gasteiger partial charge in [-0.05, 0) is 60.0 Å². The van der Waals surface area contributed by atoms with E-state index in [1.54, 1.807) is 29.2 Å². The van der Waals surface area contributed by atoms with Crippen molar-refractivity contribution in [3.05, 3.63) is 64.1 Å². The van der Waals surface area contributed by atoms with Crippen LogP contribution >= 0.6 is 11.8 Å². The molecule has 0 bridgehead atoms. The Balaban J connectivity index is 1.46. The predicted molar refractivity (Wildman–Crippen MR) is 127 cm³/mol. The van der Waals surface area contributed by atoms with E-state index >= 15 is 0 Å². The van der Waals surface area contributed by atoms with E-state index in [4.69, 9.17) is 14.7 Å². The van der Waals surface area contributed by atoms with Crippen molar-refractivity contribution in [2.45, 2.75) is 19.9 Å². The van der Waals surface area contributed by atoms with Crippen LogP contribution in [0.1, 0.15) is 23.6 Å². The van der Waals surface area contributed by atoms with Crippen molar-refractivity contribution < 1.29 is 23.9 Å². The van der Waals surface area contributed by atoms with E-state index in [1.807, 2.05) is 31.2 Å². The minimum Gasteiger partial charge on any atom is -0.490 e. The topological polar surface area (TPSA) is 99.9 Å². The van der Waals surface area contributed by atoms with Crippen LogP contribution in [0.3, 0.4) is 0 Å². The molecule has 0 aliphatic carbocycles. The Hall–Kier alpha value is -3.77. The maximum absolute atomic E-state index is 12.9. The summed E-state index contributed by atoms with van der Waals surface area (Å²) >= 11 is 0.804. The third-order valence-corrected chi connectivity index (χ3v) is 6.42. The highest BCUT2D eigenvalue weighted by Crippen LogP contribution is 2.35. The Bertz CT molecular complexity index is 1200. The first-order chi connectivity index (χ1) is 16.5. The Morgan fingerprint density at radius 1 is 1.15 bits per heavy atom. The van der Waals surface area contributed by atoms with Crippen LogP contribution in [0, 0.1) is 11.3 Å². The molecule has 4 rings (SSSR count). The number of hydrogen-bond donors (Lipinski definition) is 0. The number of ether oxygens (including phenoxy) is 2. The smallest absolute Gasteiger partial charge is 0.294 e. The summed E-state index contributed by atoms with van der Waals surface area (Å²) in [5, 5.41) is 8.26. The molecular weight excluding hydrogens is 454 g/mol. The summed E-state index contributed by atoms with van der Waals surface area (Å²) in [6, 6.07) is 14.9. The number of nitrogens with zero attached hydrogens (tertiary/aromatic N) is 3. The fraction of sp³-hybridized carbons (Fsp3) is 0.280. The number of thioether (sulfide) groups is 1. The highest BCUT2D eigenvalue weighted by atomic mass is 32.2. The second kappa shape index (κ2) is 10.4. The number of hydrogen-bond acceptors (Lipinski definition) is 7. The monoisotopic (exact) mass is 477 g/mol. The van der Waals surface area contributed by atoms with Gasteiger partial charge in [-0.15, -0.1) is 0 Å². The van der Waals surface area contributed by atoms with E-state index in [1.165, 1.54) is 5.56 Å². The van der Waals surface area contributed by atoms with Crippen LogP contribution in [0.2, 0.25) is 0 Å². The Morgan fingerprint density at radius 3 is 2.71 bits per heavy atom.